The minimum Gasteiger partial charge on any atom is -0.338 e. The molecule has 0 fully saturated rings. The van der Waals surface area contributed by atoms with Crippen LogP contribution >= 0.6 is 0 Å². The number of nitrogens with one attached hydrogen (secondary N) is 1. The van der Waals surface area contributed by atoms with Gasteiger partial charge in [0.2, 0.25) is 0 Å². The van der Waals surface area contributed by atoms with Crippen LogP contribution in [0, 0.1) is 10.1 Å². The molecule has 1 unspecified atom stereocenters. The monoisotopic (exact) mass is 244 g/mol. The van der Waals surface area contributed by atoms with Crippen molar-refractivity contribution in [1.82, 2.24) is 5.32 Å². The third-order valence-electron chi connectivity index (χ3n) is 1.68. The second-order valence-electron chi connectivity index (χ2n) is 2.78. The third kappa shape index (κ3) is 3.41. The Bertz CT molecular complexity index is 448. The maximum atomic E-state index is 11.3. The van der Waals surface area contributed by atoms with Crippen LogP contribution in [-0.4, -0.2) is 25.5 Å². The molecule has 1 aromatic rings. The molecule has 8 heteroatoms. The van der Waals surface area contributed by atoms with E-state index in [9.17, 15) is 19.1 Å². The average Bonchev–Trinajstić information content (AvgIpc) is 2.26. The molecule has 0 heterocycles. The molecule has 1 amide bonds. The van der Waals surface area contributed by atoms with E-state index in [1.807, 2.05) is 0 Å². The topological polar surface area (TPSA) is 110 Å². The Balaban J connectivity index is 2.79. The van der Waals surface area contributed by atoms with E-state index < -0.39 is 27.8 Å². The van der Waals surface area contributed by atoms with E-state index in [0.717, 1.165) is 6.07 Å². The van der Waals surface area contributed by atoms with Crippen LogP contribution in [-0.2, 0) is 11.1 Å². The summed E-state index contributed by atoms with van der Waals surface area (Å²) in [5.41, 5.74) is -0.141. The Morgan fingerprint density at radius 3 is 2.81 bits per heavy atom. The molecule has 1 aromatic carbocycles. The fourth-order valence-electron chi connectivity index (χ4n) is 0.990. The maximum absolute atomic E-state index is 11.3. The van der Waals surface area contributed by atoms with Crippen LogP contribution in [0.4, 0.5) is 5.69 Å². The van der Waals surface area contributed by atoms with Crippen molar-refractivity contribution in [1.29, 1.82) is 0 Å². The molecule has 86 valence electrons. The largest absolute Gasteiger partial charge is 0.338 e. The summed E-state index contributed by atoms with van der Waals surface area (Å²) in [5, 5.41) is 12.6. The second kappa shape index (κ2) is 5.33. The van der Waals surface area contributed by atoms with Crippen molar-refractivity contribution in [2.75, 3.05) is 5.88 Å². The van der Waals surface area contributed by atoms with E-state index in [1.54, 1.807) is 0 Å². The number of nitro benzene ring substituents is 1. The number of carbonyl (C=O) groups excluding carboxylic acids is 1. The van der Waals surface area contributed by atoms with Crippen LogP contribution in [0.1, 0.15) is 10.4 Å². The van der Waals surface area contributed by atoms with Gasteiger partial charge >= 0.3 is 0 Å². The van der Waals surface area contributed by atoms with Crippen molar-refractivity contribution in [3.63, 3.8) is 0 Å². The molecule has 0 saturated carbocycles. The predicted octanol–water partition coefficient (Wildman–Crippen LogP) is 0.504. The van der Waals surface area contributed by atoms with Crippen molar-refractivity contribution >= 4 is 22.7 Å². The number of nitro groups is 1. The van der Waals surface area contributed by atoms with Gasteiger partial charge in [0.15, 0.2) is 11.1 Å². The number of rotatable bonds is 4. The molecule has 0 saturated heterocycles. The molecule has 0 spiro atoms. The van der Waals surface area contributed by atoms with Crippen LogP contribution in [0.3, 0.4) is 0 Å². The molecule has 0 radical (unpaired) electrons. The van der Waals surface area contributed by atoms with Crippen LogP contribution in [0.2, 0.25) is 0 Å². The zero-order valence-electron chi connectivity index (χ0n) is 7.95. The van der Waals surface area contributed by atoms with E-state index in [1.165, 1.54) is 18.2 Å². The van der Waals surface area contributed by atoms with Crippen molar-refractivity contribution in [3.8, 4) is 0 Å². The zero-order chi connectivity index (χ0) is 12.1. The molecule has 1 atom stereocenters. The van der Waals surface area contributed by atoms with Gasteiger partial charge in [-0.1, -0.05) is 6.07 Å². The normalized spacial score (nSPS) is 11.8. The van der Waals surface area contributed by atoms with Gasteiger partial charge in [0.1, 0.15) is 5.88 Å². The molecule has 0 aliphatic rings. The van der Waals surface area contributed by atoms with E-state index in [2.05, 4.69) is 5.32 Å². The number of hydrogen-bond acceptors (Lipinski definition) is 4. The lowest BCUT2D eigenvalue weighted by molar-refractivity contribution is -0.384. The Hall–Kier alpha value is -1.80. The van der Waals surface area contributed by atoms with Gasteiger partial charge in [0.25, 0.3) is 11.6 Å². The first kappa shape index (κ1) is 12.3. The number of benzene rings is 1. The molecular weight excluding hydrogens is 236 g/mol. The zero-order valence-corrected chi connectivity index (χ0v) is 8.77. The molecule has 0 bridgehead atoms. The highest BCUT2D eigenvalue weighted by Crippen LogP contribution is 2.12. The fraction of sp³-hybridized carbons (Fsp3) is 0.125. The van der Waals surface area contributed by atoms with Gasteiger partial charge in [-0.2, -0.15) is 0 Å². The number of nitrogens with zero attached hydrogens (tertiary/aromatic N) is 1. The highest BCUT2D eigenvalue weighted by molar-refractivity contribution is 7.79. The Kier molecular flexibility index (Phi) is 4.09. The molecule has 0 aliphatic heterocycles. The molecule has 7 nitrogen and oxygen atoms in total. The van der Waals surface area contributed by atoms with Gasteiger partial charge in [-0.05, 0) is 6.07 Å². The van der Waals surface area contributed by atoms with Crippen LogP contribution < -0.4 is 5.32 Å². The molecule has 0 aliphatic carbocycles. The van der Waals surface area contributed by atoms with Crippen LogP contribution in [0.25, 0.3) is 0 Å². The smallest absolute Gasteiger partial charge is 0.270 e. The second-order valence-corrected chi connectivity index (χ2v) is 3.71. The van der Waals surface area contributed by atoms with E-state index in [4.69, 9.17) is 4.55 Å². The summed E-state index contributed by atoms with van der Waals surface area (Å²) in [7, 11) is 0. The van der Waals surface area contributed by atoms with Crippen molar-refractivity contribution in [2.45, 2.75) is 0 Å². The fourth-order valence-corrected chi connectivity index (χ4v) is 1.24. The minimum absolute atomic E-state index is 0.0691. The Morgan fingerprint density at radius 2 is 2.25 bits per heavy atom. The maximum Gasteiger partial charge on any atom is 0.270 e. The van der Waals surface area contributed by atoms with Crippen LogP contribution in [0.5, 0.6) is 0 Å². The number of non-ortho nitro benzene ring substituents is 1. The molecule has 1 rings (SSSR count). The Labute approximate surface area is 92.9 Å². The van der Waals surface area contributed by atoms with Gasteiger partial charge in [-0.15, -0.1) is 0 Å². The van der Waals surface area contributed by atoms with Gasteiger partial charge in [-0.3, -0.25) is 14.9 Å². The highest BCUT2D eigenvalue weighted by atomic mass is 32.2. The summed E-state index contributed by atoms with van der Waals surface area (Å²) in [4.78, 5) is 21.1. The van der Waals surface area contributed by atoms with Crippen molar-refractivity contribution in [2.24, 2.45) is 0 Å². The summed E-state index contributed by atoms with van der Waals surface area (Å²) in [5.74, 6) is -1.05. The SMILES string of the molecule is O=C(NCS(=O)O)c1cccc([N+](=O)[O-])c1. The first-order chi connectivity index (χ1) is 7.50. The van der Waals surface area contributed by atoms with E-state index >= 15 is 0 Å². The molecule has 0 aromatic heterocycles. The van der Waals surface area contributed by atoms with E-state index in [0.29, 0.717) is 0 Å². The number of carbonyl (C=O) groups is 1. The summed E-state index contributed by atoms with van der Waals surface area (Å²) >= 11 is -2.14. The molecule has 16 heavy (non-hydrogen) atoms. The predicted molar refractivity (Wildman–Crippen MR) is 56.2 cm³/mol. The summed E-state index contributed by atoms with van der Waals surface area (Å²) in [6.07, 6.45) is 0. The Morgan fingerprint density at radius 1 is 1.56 bits per heavy atom. The quantitative estimate of drug-likeness (QED) is 0.455. The summed E-state index contributed by atoms with van der Waals surface area (Å²) < 4.78 is 18.7. The third-order valence-corrected chi connectivity index (χ3v) is 2.07. The van der Waals surface area contributed by atoms with Gasteiger partial charge < -0.3 is 9.87 Å². The highest BCUT2D eigenvalue weighted by Gasteiger charge is 2.11. The number of hydrogen-bond donors (Lipinski definition) is 2. The summed E-state index contributed by atoms with van der Waals surface area (Å²) in [6.45, 7) is 0. The lowest BCUT2D eigenvalue weighted by Gasteiger charge is -2.01. The average molecular weight is 244 g/mol. The number of amides is 1. The van der Waals surface area contributed by atoms with Gasteiger partial charge in [0.05, 0.1) is 4.92 Å². The van der Waals surface area contributed by atoms with Crippen LogP contribution in [0.15, 0.2) is 24.3 Å². The molecular formula is C8H8N2O5S. The van der Waals surface area contributed by atoms with Crippen molar-refractivity contribution in [3.05, 3.63) is 39.9 Å². The first-order valence-corrected chi connectivity index (χ1v) is 5.38. The van der Waals surface area contributed by atoms with E-state index in [-0.39, 0.29) is 11.3 Å². The van der Waals surface area contributed by atoms with Crippen molar-refractivity contribution < 1.29 is 18.5 Å². The lowest BCUT2D eigenvalue weighted by atomic mass is 10.2. The first-order valence-electron chi connectivity index (χ1n) is 4.11. The summed E-state index contributed by atoms with van der Waals surface area (Å²) in [6, 6.07) is 5.09. The molecule has 2 N–H and O–H groups in total. The standard InChI is InChI=1S/C8H8N2O5S/c11-8(9-5-16(14)15)6-2-1-3-7(4-6)10(12)13/h1-4H,5H2,(H,9,11)(H,14,15). The minimum atomic E-state index is -2.14. The van der Waals surface area contributed by atoms with Gasteiger partial charge in [0, 0.05) is 17.7 Å². The van der Waals surface area contributed by atoms with Gasteiger partial charge in [-0.25, -0.2) is 4.21 Å². The lowest BCUT2D eigenvalue weighted by Crippen LogP contribution is -2.26.